The molecule has 0 aliphatic heterocycles. The number of nitrogens with two attached hydrogens (primary N) is 1. The van der Waals surface area contributed by atoms with Crippen LogP contribution in [0.1, 0.15) is 12.5 Å². The third-order valence-corrected chi connectivity index (χ3v) is 2.41. The lowest BCUT2D eigenvalue weighted by atomic mass is 10.2. The lowest BCUT2D eigenvalue weighted by molar-refractivity contribution is 0.336. The maximum atomic E-state index is 10.9. The summed E-state index contributed by atoms with van der Waals surface area (Å²) in [7, 11) is -3.63. The number of phenolic OH excluding ortho intramolecular Hbond substituents is 1. The second kappa shape index (κ2) is 4.50. The number of rotatable bonds is 4. The van der Waals surface area contributed by atoms with Gasteiger partial charge >= 0.3 is 0 Å². The Morgan fingerprint density at radius 2 is 2.13 bits per heavy atom. The van der Waals surface area contributed by atoms with Gasteiger partial charge in [-0.25, -0.2) is 13.6 Å². The van der Waals surface area contributed by atoms with E-state index in [0.717, 1.165) is 0 Å². The van der Waals surface area contributed by atoms with Crippen LogP contribution in [0.5, 0.6) is 11.5 Å². The van der Waals surface area contributed by atoms with Gasteiger partial charge in [-0.05, 0) is 25.1 Å². The molecular weight excluding hydrogens is 218 g/mol. The third kappa shape index (κ3) is 3.77. The van der Waals surface area contributed by atoms with Crippen molar-refractivity contribution in [2.45, 2.75) is 12.7 Å². The Labute approximate surface area is 88.5 Å². The molecule has 0 fully saturated rings. The predicted octanol–water partition coefficient (Wildman–Crippen LogP) is 0.579. The van der Waals surface area contributed by atoms with E-state index in [4.69, 9.17) is 9.88 Å². The van der Waals surface area contributed by atoms with E-state index in [0.29, 0.717) is 17.9 Å². The quantitative estimate of drug-likeness (QED) is 0.793. The molecule has 0 bridgehead atoms. The molecule has 3 N–H and O–H groups in total. The van der Waals surface area contributed by atoms with Crippen molar-refractivity contribution < 1.29 is 18.3 Å². The smallest absolute Gasteiger partial charge is 0.213 e. The molecule has 0 aromatic heterocycles. The van der Waals surface area contributed by atoms with Crippen LogP contribution >= 0.6 is 0 Å². The van der Waals surface area contributed by atoms with Crippen LogP contribution in [-0.4, -0.2) is 20.1 Å². The van der Waals surface area contributed by atoms with Crippen molar-refractivity contribution in [2.75, 3.05) is 6.61 Å². The van der Waals surface area contributed by atoms with Gasteiger partial charge in [0.1, 0.15) is 11.5 Å². The SMILES string of the molecule is CCOc1ccc(O)cc1CS(N)(=O)=O. The Morgan fingerprint density at radius 3 is 2.67 bits per heavy atom. The van der Waals surface area contributed by atoms with E-state index in [1.165, 1.54) is 18.2 Å². The average Bonchev–Trinajstić information content (AvgIpc) is 2.07. The summed E-state index contributed by atoms with van der Waals surface area (Å²) in [4.78, 5) is 0. The van der Waals surface area contributed by atoms with E-state index < -0.39 is 10.0 Å². The summed E-state index contributed by atoms with van der Waals surface area (Å²) in [5.41, 5.74) is 0.361. The summed E-state index contributed by atoms with van der Waals surface area (Å²) in [6.07, 6.45) is 0. The number of sulfonamides is 1. The minimum atomic E-state index is -3.63. The highest BCUT2D eigenvalue weighted by atomic mass is 32.2. The Balaban J connectivity index is 3.07. The summed E-state index contributed by atoms with van der Waals surface area (Å²) in [6.45, 7) is 2.20. The van der Waals surface area contributed by atoms with Crippen molar-refractivity contribution in [3.05, 3.63) is 23.8 Å². The second-order valence-electron chi connectivity index (χ2n) is 3.03. The molecule has 0 saturated carbocycles. The number of phenols is 1. The zero-order valence-corrected chi connectivity index (χ0v) is 9.12. The third-order valence-electron chi connectivity index (χ3n) is 1.70. The number of hydrogen-bond donors (Lipinski definition) is 2. The molecule has 1 aromatic carbocycles. The highest BCUT2D eigenvalue weighted by Gasteiger charge is 2.11. The van der Waals surface area contributed by atoms with Crippen molar-refractivity contribution in [2.24, 2.45) is 5.14 Å². The molecular formula is C9H13NO4S. The molecule has 6 heteroatoms. The summed E-state index contributed by atoms with van der Waals surface area (Å²) in [5, 5.41) is 14.1. The average molecular weight is 231 g/mol. The topological polar surface area (TPSA) is 89.6 Å². The molecule has 15 heavy (non-hydrogen) atoms. The van der Waals surface area contributed by atoms with Crippen LogP contribution in [-0.2, 0) is 15.8 Å². The Kier molecular flexibility index (Phi) is 3.54. The number of aromatic hydroxyl groups is 1. The summed E-state index contributed by atoms with van der Waals surface area (Å²) >= 11 is 0. The fraction of sp³-hybridized carbons (Fsp3) is 0.333. The molecule has 0 atom stereocenters. The van der Waals surface area contributed by atoms with Crippen LogP contribution in [0.25, 0.3) is 0 Å². The summed E-state index contributed by atoms with van der Waals surface area (Å²) in [5.74, 6) is 0.0536. The van der Waals surface area contributed by atoms with Gasteiger partial charge in [0, 0.05) is 5.56 Å². The zero-order valence-electron chi connectivity index (χ0n) is 8.30. The Bertz CT molecular complexity index is 441. The van der Waals surface area contributed by atoms with Crippen LogP contribution in [0.4, 0.5) is 0 Å². The van der Waals surface area contributed by atoms with Gasteiger partial charge in [-0.15, -0.1) is 0 Å². The van der Waals surface area contributed by atoms with E-state index >= 15 is 0 Å². The van der Waals surface area contributed by atoms with Gasteiger partial charge in [0.15, 0.2) is 0 Å². The number of hydrogen-bond acceptors (Lipinski definition) is 4. The van der Waals surface area contributed by atoms with Crippen molar-refractivity contribution in [1.82, 2.24) is 0 Å². The van der Waals surface area contributed by atoms with Gasteiger partial charge in [-0.2, -0.15) is 0 Å². The molecule has 1 aromatic rings. The maximum Gasteiger partial charge on any atom is 0.213 e. The lowest BCUT2D eigenvalue weighted by Gasteiger charge is -2.09. The predicted molar refractivity (Wildman–Crippen MR) is 56.1 cm³/mol. The second-order valence-corrected chi connectivity index (χ2v) is 4.65. The van der Waals surface area contributed by atoms with Crippen molar-refractivity contribution in [3.8, 4) is 11.5 Å². The standard InChI is InChI=1S/C9H13NO4S/c1-2-14-9-4-3-8(11)5-7(9)6-15(10,12)13/h3-5,11H,2,6H2,1H3,(H2,10,12,13). The summed E-state index contributed by atoms with van der Waals surface area (Å²) < 4.78 is 27.0. The molecule has 84 valence electrons. The number of benzene rings is 1. The molecule has 0 aliphatic carbocycles. The first-order valence-electron chi connectivity index (χ1n) is 4.37. The van der Waals surface area contributed by atoms with Crippen molar-refractivity contribution in [1.29, 1.82) is 0 Å². The van der Waals surface area contributed by atoms with Gasteiger partial charge in [0.25, 0.3) is 0 Å². The zero-order chi connectivity index (χ0) is 11.5. The molecule has 0 heterocycles. The first-order chi connectivity index (χ1) is 6.92. The minimum Gasteiger partial charge on any atom is -0.508 e. The van der Waals surface area contributed by atoms with Gasteiger partial charge in [0.2, 0.25) is 10.0 Å². The Morgan fingerprint density at radius 1 is 1.47 bits per heavy atom. The largest absolute Gasteiger partial charge is 0.508 e. The van der Waals surface area contributed by atoms with E-state index in [1.54, 1.807) is 6.92 Å². The first kappa shape index (κ1) is 11.8. The number of ether oxygens (including phenoxy) is 1. The first-order valence-corrected chi connectivity index (χ1v) is 6.09. The van der Waals surface area contributed by atoms with Gasteiger partial charge in [0.05, 0.1) is 12.4 Å². The summed E-state index contributed by atoms with van der Waals surface area (Å²) in [6, 6.07) is 4.27. The van der Waals surface area contributed by atoms with E-state index in [2.05, 4.69) is 0 Å². The normalized spacial score (nSPS) is 11.3. The van der Waals surface area contributed by atoms with E-state index in [-0.39, 0.29) is 11.5 Å². The fourth-order valence-electron chi connectivity index (χ4n) is 1.19. The van der Waals surface area contributed by atoms with Crippen LogP contribution in [0.2, 0.25) is 0 Å². The fourth-order valence-corrected chi connectivity index (χ4v) is 1.85. The van der Waals surface area contributed by atoms with Crippen molar-refractivity contribution in [3.63, 3.8) is 0 Å². The molecule has 0 unspecified atom stereocenters. The van der Waals surface area contributed by atoms with Crippen LogP contribution in [0.15, 0.2) is 18.2 Å². The van der Waals surface area contributed by atoms with Crippen LogP contribution in [0.3, 0.4) is 0 Å². The monoisotopic (exact) mass is 231 g/mol. The molecule has 0 saturated heterocycles. The van der Waals surface area contributed by atoms with Crippen LogP contribution in [0, 0.1) is 0 Å². The van der Waals surface area contributed by atoms with Crippen molar-refractivity contribution >= 4 is 10.0 Å². The maximum absolute atomic E-state index is 10.9. The van der Waals surface area contributed by atoms with Gasteiger partial charge < -0.3 is 9.84 Å². The number of primary sulfonamides is 1. The molecule has 0 aliphatic rings. The minimum absolute atomic E-state index is 0.0166. The molecule has 0 spiro atoms. The van der Waals surface area contributed by atoms with Gasteiger partial charge in [-0.3, -0.25) is 0 Å². The van der Waals surface area contributed by atoms with E-state index in [1.807, 2.05) is 0 Å². The molecule has 1 rings (SSSR count). The van der Waals surface area contributed by atoms with Gasteiger partial charge in [-0.1, -0.05) is 0 Å². The molecule has 5 nitrogen and oxygen atoms in total. The highest BCUT2D eigenvalue weighted by molar-refractivity contribution is 7.88. The molecule has 0 radical (unpaired) electrons. The van der Waals surface area contributed by atoms with E-state index in [9.17, 15) is 13.5 Å². The Hall–Kier alpha value is -1.27. The molecule has 0 amide bonds. The lowest BCUT2D eigenvalue weighted by Crippen LogP contribution is -2.15. The highest BCUT2D eigenvalue weighted by Crippen LogP contribution is 2.24. The van der Waals surface area contributed by atoms with Crippen LogP contribution < -0.4 is 9.88 Å².